The molecule has 1 aromatic carbocycles. The van der Waals surface area contributed by atoms with Crippen LogP contribution in [0.5, 0.6) is 5.75 Å². The minimum atomic E-state index is -0.00633. The molecule has 3 rings (SSSR count). The SMILES string of the molecule is COc1ccc(CC(=O)NCCc2nn3cnnc3s2)cc1. The van der Waals surface area contributed by atoms with Gasteiger partial charge >= 0.3 is 0 Å². The Kier molecular flexibility index (Phi) is 4.29. The molecule has 1 amide bonds. The molecule has 0 radical (unpaired) electrons. The molecule has 114 valence electrons. The summed E-state index contributed by atoms with van der Waals surface area (Å²) in [7, 11) is 1.62. The molecule has 0 bridgehead atoms. The lowest BCUT2D eigenvalue weighted by atomic mass is 10.1. The van der Waals surface area contributed by atoms with Gasteiger partial charge in [0.2, 0.25) is 10.9 Å². The van der Waals surface area contributed by atoms with Crippen molar-refractivity contribution in [2.45, 2.75) is 12.8 Å². The van der Waals surface area contributed by atoms with Gasteiger partial charge in [-0.1, -0.05) is 23.5 Å². The van der Waals surface area contributed by atoms with Crippen LogP contribution in [-0.2, 0) is 17.6 Å². The highest BCUT2D eigenvalue weighted by molar-refractivity contribution is 7.16. The van der Waals surface area contributed by atoms with Gasteiger partial charge in [-0.15, -0.1) is 10.2 Å². The Bertz CT molecular complexity index is 736. The second kappa shape index (κ2) is 6.52. The summed E-state index contributed by atoms with van der Waals surface area (Å²) in [5, 5.41) is 15.8. The van der Waals surface area contributed by atoms with Crippen LogP contribution in [0.2, 0.25) is 0 Å². The molecular weight excluding hydrogens is 302 g/mol. The number of carbonyl (C=O) groups excluding carboxylic acids is 1. The van der Waals surface area contributed by atoms with Gasteiger partial charge in [0.15, 0.2) is 0 Å². The fourth-order valence-electron chi connectivity index (χ4n) is 2.00. The lowest BCUT2D eigenvalue weighted by Crippen LogP contribution is -2.27. The normalized spacial score (nSPS) is 10.8. The fraction of sp³-hybridized carbons (Fsp3) is 0.286. The van der Waals surface area contributed by atoms with E-state index in [1.165, 1.54) is 11.3 Å². The van der Waals surface area contributed by atoms with Gasteiger partial charge in [-0.2, -0.15) is 9.61 Å². The maximum absolute atomic E-state index is 11.9. The van der Waals surface area contributed by atoms with Gasteiger partial charge in [0.05, 0.1) is 13.5 Å². The van der Waals surface area contributed by atoms with Gasteiger partial charge in [-0.25, -0.2) is 0 Å². The van der Waals surface area contributed by atoms with E-state index in [1.54, 1.807) is 18.0 Å². The van der Waals surface area contributed by atoms with E-state index in [9.17, 15) is 4.79 Å². The van der Waals surface area contributed by atoms with E-state index in [0.29, 0.717) is 19.4 Å². The average molecular weight is 317 g/mol. The summed E-state index contributed by atoms with van der Waals surface area (Å²) >= 11 is 1.48. The Morgan fingerprint density at radius 1 is 1.36 bits per heavy atom. The molecule has 3 aromatic rings. The zero-order valence-electron chi connectivity index (χ0n) is 12.0. The number of nitrogens with one attached hydrogen (secondary N) is 1. The third kappa shape index (κ3) is 3.40. The highest BCUT2D eigenvalue weighted by Gasteiger charge is 2.07. The first-order chi connectivity index (χ1) is 10.7. The minimum Gasteiger partial charge on any atom is -0.497 e. The van der Waals surface area contributed by atoms with Crippen molar-refractivity contribution >= 4 is 22.2 Å². The van der Waals surface area contributed by atoms with Crippen molar-refractivity contribution < 1.29 is 9.53 Å². The molecule has 2 heterocycles. The summed E-state index contributed by atoms with van der Waals surface area (Å²) in [6, 6.07) is 7.48. The Morgan fingerprint density at radius 2 is 2.18 bits per heavy atom. The highest BCUT2D eigenvalue weighted by atomic mass is 32.1. The Labute approximate surface area is 130 Å². The monoisotopic (exact) mass is 317 g/mol. The standard InChI is InChI=1S/C14H15N5O2S/c1-21-11-4-2-10(3-5-11)8-12(20)15-7-6-13-18-19-9-16-17-14(19)22-13/h2-5,9H,6-8H2,1H3,(H,15,20). The quantitative estimate of drug-likeness (QED) is 0.736. The molecule has 0 aliphatic heterocycles. The van der Waals surface area contributed by atoms with Crippen LogP contribution in [0.1, 0.15) is 10.6 Å². The summed E-state index contributed by atoms with van der Waals surface area (Å²) in [5.74, 6) is 0.778. The lowest BCUT2D eigenvalue weighted by molar-refractivity contribution is -0.120. The van der Waals surface area contributed by atoms with E-state index in [4.69, 9.17) is 4.74 Å². The van der Waals surface area contributed by atoms with Crippen LogP contribution in [0.25, 0.3) is 4.96 Å². The minimum absolute atomic E-state index is 0.00633. The first kappa shape index (κ1) is 14.5. The number of aromatic nitrogens is 4. The van der Waals surface area contributed by atoms with E-state index in [-0.39, 0.29) is 5.91 Å². The van der Waals surface area contributed by atoms with Crippen molar-refractivity contribution in [1.82, 2.24) is 25.1 Å². The molecule has 0 saturated carbocycles. The predicted molar refractivity (Wildman–Crippen MR) is 82.1 cm³/mol. The van der Waals surface area contributed by atoms with Crippen molar-refractivity contribution in [3.8, 4) is 5.75 Å². The van der Waals surface area contributed by atoms with E-state index in [2.05, 4.69) is 20.6 Å². The number of nitrogens with zero attached hydrogens (tertiary/aromatic N) is 4. The third-order valence-corrected chi connectivity index (χ3v) is 4.09. The largest absolute Gasteiger partial charge is 0.497 e. The van der Waals surface area contributed by atoms with Crippen LogP contribution >= 0.6 is 11.3 Å². The van der Waals surface area contributed by atoms with Crippen molar-refractivity contribution in [3.63, 3.8) is 0 Å². The van der Waals surface area contributed by atoms with Crippen LogP contribution in [-0.4, -0.2) is 39.4 Å². The number of ether oxygens (including phenoxy) is 1. The van der Waals surface area contributed by atoms with Crippen molar-refractivity contribution in [2.24, 2.45) is 0 Å². The summed E-state index contributed by atoms with van der Waals surface area (Å²) in [5.41, 5.74) is 0.956. The fourth-order valence-corrected chi connectivity index (χ4v) is 2.82. The van der Waals surface area contributed by atoms with Crippen LogP contribution in [0.4, 0.5) is 0 Å². The van der Waals surface area contributed by atoms with Crippen LogP contribution in [0.3, 0.4) is 0 Å². The highest BCUT2D eigenvalue weighted by Crippen LogP contribution is 2.12. The van der Waals surface area contributed by atoms with Crippen LogP contribution in [0, 0.1) is 0 Å². The molecule has 0 saturated heterocycles. The summed E-state index contributed by atoms with van der Waals surface area (Å²) in [6.07, 6.45) is 2.61. The number of carbonyl (C=O) groups is 1. The number of fused-ring (bicyclic) bond motifs is 1. The Balaban J connectivity index is 1.46. The molecule has 22 heavy (non-hydrogen) atoms. The summed E-state index contributed by atoms with van der Waals surface area (Å²) in [4.78, 5) is 12.7. The van der Waals surface area contributed by atoms with E-state index < -0.39 is 0 Å². The lowest BCUT2D eigenvalue weighted by Gasteiger charge is -2.05. The molecule has 2 aromatic heterocycles. The molecule has 0 unspecified atom stereocenters. The maximum Gasteiger partial charge on any atom is 0.234 e. The van der Waals surface area contributed by atoms with E-state index in [0.717, 1.165) is 21.3 Å². The van der Waals surface area contributed by atoms with Gasteiger partial charge < -0.3 is 10.1 Å². The molecule has 0 atom stereocenters. The van der Waals surface area contributed by atoms with E-state index >= 15 is 0 Å². The average Bonchev–Trinajstić information content (AvgIpc) is 3.09. The summed E-state index contributed by atoms with van der Waals surface area (Å²) in [6.45, 7) is 0.555. The number of amides is 1. The van der Waals surface area contributed by atoms with E-state index in [1.807, 2.05) is 24.3 Å². The molecule has 1 N–H and O–H groups in total. The molecular formula is C14H15N5O2S. The van der Waals surface area contributed by atoms with Crippen molar-refractivity contribution in [3.05, 3.63) is 41.2 Å². The van der Waals surface area contributed by atoms with Gasteiger partial charge in [0.1, 0.15) is 17.1 Å². The number of hydrogen-bond donors (Lipinski definition) is 1. The van der Waals surface area contributed by atoms with Gasteiger partial charge in [-0.05, 0) is 17.7 Å². The number of rotatable bonds is 6. The Morgan fingerprint density at radius 3 is 2.91 bits per heavy atom. The van der Waals surface area contributed by atoms with Crippen molar-refractivity contribution in [2.75, 3.05) is 13.7 Å². The van der Waals surface area contributed by atoms with Crippen LogP contribution < -0.4 is 10.1 Å². The zero-order chi connectivity index (χ0) is 15.4. The topological polar surface area (TPSA) is 81.4 Å². The first-order valence-electron chi connectivity index (χ1n) is 6.80. The second-order valence-electron chi connectivity index (χ2n) is 4.68. The summed E-state index contributed by atoms with van der Waals surface area (Å²) < 4.78 is 6.73. The number of hydrogen-bond acceptors (Lipinski definition) is 6. The molecule has 0 aliphatic rings. The molecule has 0 fully saturated rings. The van der Waals surface area contributed by atoms with Crippen molar-refractivity contribution in [1.29, 1.82) is 0 Å². The van der Waals surface area contributed by atoms with Gasteiger partial charge in [0, 0.05) is 13.0 Å². The van der Waals surface area contributed by atoms with Gasteiger partial charge in [0.25, 0.3) is 0 Å². The third-order valence-electron chi connectivity index (χ3n) is 3.11. The number of benzene rings is 1. The molecule has 0 spiro atoms. The van der Waals surface area contributed by atoms with Gasteiger partial charge in [-0.3, -0.25) is 4.79 Å². The zero-order valence-corrected chi connectivity index (χ0v) is 12.8. The number of methoxy groups -OCH3 is 1. The maximum atomic E-state index is 11.9. The molecule has 0 aliphatic carbocycles. The first-order valence-corrected chi connectivity index (χ1v) is 7.61. The predicted octanol–water partition coefficient (Wildman–Crippen LogP) is 1.10. The Hall–Kier alpha value is -2.48. The molecule has 7 nitrogen and oxygen atoms in total. The molecule has 8 heteroatoms. The van der Waals surface area contributed by atoms with Crippen LogP contribution in [0.15, 0.2) is 30.6 Å². The smallest absolute Gasteiger partial charge is 0.234 e. The second-order valence-corrected chi connectivity index (χ2v) is 5.72.